The van der Waals surface area contributed by atoms with E-state index in [-0.39, 0.29) is 12.3 Å². The largest absolute Gasteiger partial charge is 0.495 e. The summed E-state index contributed by atoms with van der Waals surface area (Å²) in [6.07, 6.45) is 1.88. The lowest BCUT2D eigenvalue weighted by Crippen LogP contribution is -2.15. The van der Waals surface area contributed by atoms with Gasteiger partial charge >= 0.3 is 0 Å². The van der Waals surface area contributed by atoms with Crippen LogP contribution in [-0.2, 0) is 11.2 Å². The molecular weight excluding hydrogens is 230 g/mol. The van der Waals surface area contributed by atoms with Crippen LogP contribution in [0.2, 0.25) is 0 Å². The normalized spacial score (nSPS) is 10.1. The Morgan fingerprint density at radius 2 is 2.28 bits per heavy atom. The summed E-state index contributed by atoms with van der Waals surface area (Å²) in [6.45, 7) is 1.96. The smallest absolute Gasteiger partial charge is 0.230 e. The maximum absolute atomic E-state index is 11.8. The number of carbonyl (C=O) groups excluding carboxylic acids is 1. The lowest BCUT2D eigenvalue weighted by atomic mass is 10.2. The molecule has 2 N–H and O–H groups in total. The van der Waals surface area contributed by atoms with Gasteiger partial charge in [-0.25, -0.2) is 0 Å². The lowest BCUT2D eigenvalue weighted by molar-refractivity contribution is -0.115. The number of nitrogens with one attached hydrogen (secondary N) is 2. The number of benzene rings is 1. The topological polar surface area (TPSA) is 67.0 Å². The number of hydrogen-bond donors (Lipinski definition) is 2. The number of ether oxygens (including phenoxy) is 1. The average molecular weight is 245 g/mol. The number of carbonyl (C=O) groups is 1. The minimum atomic E-state index is -0.108. The molecule has 0 radical (unpaired) electrons. The molecule has 0 bridgehead atoms. The first-order valence-electron chi connectivity index (χ1n) is 5.62. The molecule has 0 fully saturated rings. The number of amides is 1. The zero-order valence-electron chi connectivity index (χ0n) is 10.4. The van der Waals surface area contributed by atoms with E-state index in [1.807, 2.05) is 25.1 Å². The minimum absolute atomic E-state index is 0.108. The molecule has 0 spiro atoms. The first-order chi connectivity index (χ1) is 8.69. The van der Waals surface area contributed by atoms with Gasteiger partial charge < -0.3 is 10.1 Å². The molecule has 0 atom stereocenters. The maximum Gasteiger partial charge on any atom is 0.230 e. The van der Waals surface area contributed by atoms with Crippen LogP contribution in [0.4, 0.5) is 5.69 Å². The fourth-order valence-corrected chi connectivity index (χ4v) is 1.67. The number of hydrogen-bond acceptors (Lipinski definition) is 3. The fraction of sp³-hybridized carbons (Fsp3) is 0.231. The maximum atomic E-state index is 11.8. The summed E-state index contributed by atoms with van der Waals surface area (Å²) in [7, 11) is 1.58. The number of rotatable bonds is 4. The van der Waals surface area contributed by atoms with Crippen LogP contribution in [0.1, 0.15) is 11.3 Å². The molecule has 0 aliphatic rings. The first-order valence-corrected chi connectivity index (χ1v) is 5.62. The third kappa shape index (κ3) is 2.88. The third-order valence-corrected chi connectivity index (χ3v) is 2.54. The zero-order chi connectivity index (χ0) is 13.0. The van der Waals surface area contributed by atoms with E-state index in [2.05, 4.69) is 15.5 Å². The molecule has 2 rings (SSSR count). The van der Waals surface area contributed by atoms with Crippen molar-refractivity contribution in [3.05, 3.63) is 41.7 Å². The number of nitrogens with zero attached hydrogens (tertiary/aromatic N) is 1. The van der Waals surface area contributed by atoms with E-state index in [1.54, 1.807) is 19.4 Å². The van der Waals surface area contributed by atoms with Crippen LogP contribution in [0.3, 0.4) is 0 Å². The first kappa shape index (κ1) is 12.2. The van der Waals surface area contributed by atoms with E-state index in [1.165, 1.54) is 0 Å². The summed E-state index contributed by atoms with van der Waals surface area (Å²) < 4.78 is 5.20. The zero-order valence-corrected chi connectivity index (χ0v) is 10.4. The van der Waals surface area contributed by atoms with Crippen molar-refractivity contribution in [3.8, 4) is 5.75 Å². The van der Waals surface area contributed by atoms with Crippen LogP contribution in [0.5, 0.6) is 5.75 Å². The Hall–Kier alpha value is -2.30. The molecule has 2 aromatic rings. The average Bonchev–Trinajstić information content (AvgIpc) is 2.82. The molecule has 0 saturated heterocycles. The second-order valence-electron chi connectivity index (χ2n) is 4.01. The molecule has 0 saturated carbocycles. The molecule has 94 valence electrons. The van der Waals surface area contributed by atoms with E-state index in [0.29, 0.717) is 11.4 Å². The summed E-state index contributed by atoms with van der Waals surface area (Å²) in [5.74, 6) is 0.543. The molecule has 5 nitrogen and oxygen atoms in total. The number of anilines is 1. The highest BCUT2D eigenvalue weighted by Gasteiger charge is 2.09. The summed E-state index contributed by atoms with van der Waals surface area (Å²) in [5, 5.41) is 9.38. The Labute approximate surface area is 105 Å². The molecule has 18 heavy (non-hydrogen) atoms. The molecule has 5 heteroatoms. The molecule has 1 heterocycles. The molecule has 0 aliphatic heterocycles. The monoisotopic (exact) mass is 245 g/mol. The van der Waals surface area contributed by atoms with Gasteiger partial charge in [0.1, 0.15) is 5.75 Å². The highest BCUT2D eigenvalue weighted by Crippen LogP contribution is 2.25. The van der Waals surface area contributed by atoms with E-state index in [0.717, 1.165) is 11.3 Å². The quantitative estimate of drug-likeness (QED) is 0.864. The number of aromatic nitrogens is 2. The van der Waals surface area contributed by atoms with Gasteiger partial charge in [-0.3, -0.25) is 9.89 Å². The second kappa shape index (κ2) is 5.35. The molecule has 1 amide bonds. The summed E-state index contributed by atoms with van der Waals surface area (Å²) in [4.78, 5) is 11.8. The van der Waals surface area contributed by atoms with E-state index in [9.17, 15) is 4.79 Å². The fourth-order valence-electron chi connectivity index (χ4n) is 1.67. The van der Waals surface area contributed by atoms with Gasteiger partial charge in [0, 0.05) is 11.9 Å². The minimum Gasteiger partial charge on any atom is -0.495 e. The SMILES string of the molecule is COc1ccc(C)cc1NC(=O)Cc1ccn[nH]1. The van der Waals surface area contributed by atoms with Crippen molar-refractivity contribution < 1.29 is 9.53 Å². The number of aryl methyl sites for hydroxylation is 1. The van der Waals surface area contributed by atoms with Crippen molar-refractivity contribution >= 4 is 11.6 Å². The van der Waals surface area contributed by atoms with Gasteiger partial charge in [-0.1, -0.05) is 6.07 Å². The summed E-state index contributed by atoms with van der Waals surface area (Å²) >= 11 is 0. The Balaban J connectivity index is 2.08. The summed E-state index contributed by atoms with van der Waals surface area (Å²) in [5.41, 5.74) is 2.52. The van der Waals surface area contributed by atoms with Crippen molar-refractivity contribution in [1.82, 2.24) is 10.2 Å². The highest BCUT2D eigenvalue weighted by atomic mass is 16.5. The molecular formula is C13H15N3O2. The van der Waals surface area contributed by atoms with Crippen LogP contribution < -0.4 is 10.1 Å². The Morgan fingerprint density at radius 1 is 1.44 bits per heavy atom. The van der Waals surface area contributed by atoms with Crippen molar-refractivity contribution in [2.24, 2.45) is 0 Å². The number of H-pyrrole nitrogens is 1. The van der Waals surface area contributed by atoms with Gasteiger partial charge in [-0.05, 0) is 30.7 Å². The van der Waals surface area contributed by atoms with E-state index in [4.69, 9.17) is 4.74 Å². The molecule has 0 aliphatic carbocycles. The Morgan fingerprint density at radius 3 is 2.94 bits per heavy atom. The predicted octanol–water partition coefficient (Wildman–Crippen LogP) is 1.91. The van der Waals surface area contributed by atoms with Gasteiger partial charge in [0.05, 0.1) is 19.2 Å². The highest BCUT2D eigenvalue weighted by molar-refractivity contribution is 5.93. The van der Waals surface area contributed by atoms with E-state index < -0.39 is 0 Å². The molecule has 0 unspecified atom stereocenters. The van der Waals surface area contributed by atoms with Gasteiger partial charge in [0.25, 0.3) is 0 Å². The van der Waals surface area contributed by atoms with Crippen LogP contribution >= 0.6 is 0 Å². The van der Waals surface area contributed by atoms with Gasteiger partial charge in [0.15, 0.2) is 0 Å². The van der Waals surface area contributed by atoms with Gasteiger partial charge in [0.2, 0.25) is 5.91 Å². The van der Waals surface area contributed by atoms with Gasteiger partial charge in [-0.15, -0.1) is 0 Å². The predicted molar refractivity (Wildman–Crippen MR) is 68.7 cm³/mol. The number of aromatic amines is 1. The van der Waals surface area contributed by atoms with E-state index >= 15 is 0 Å². The molecule has 1 aromatic heterocycles. The van der Waals surface area contributed by atoms with Crippen molar-refractivity contribution in [2.45, 2.75) is 13.3 Å². The summed E-state index contributed by atoms with van der Waals surface area (Å²) in [6, 6.07) is 7.42. The van der Waals surface area contributed by atoms with Gasteiger partial charge in [-0.2, -0.15) is 5.10 Å². The van der Waals surface area contributed by atoms with Crippen LogP contribution in [0.25, 0.3) is 0 Å². The van der Waals surface area contributed by atoms with Crippen LogP contribution in [0, 0.1) is 6.92 Å². The van der Waals surface area contributed by atoms with Crippen molar-refractivity contribution in [3.63, 3.8) is 0 Å². The Kier molecular flexibility index (Phi) is 3.62. The lowest BCUT2D eigenvalue weighted by Gasteiger charge is -2.10. The standard InChI is InChI=1S/C13H15N3O2/c1-9-3-4-12(18-2)11(7-9)15-13(17)8-10-5-6-14-16-10/h3-7H,8H2,1-2H3,(H,14,16)(H,15,17). The van der Waals surface area contributed by atoms with Crippen LogP contribution in [0.15, 0.2) is 30.5 Å². The Bertz CT molecular complexity index is 535. The van der Waals surface area contributed by atoms with Crippen molar-refractivity contribution in [2.75, 3.05) is 12.4 Å². The van der Waals surface area contributed by atoms with Crippen molar-refractivity contribution in [1.29, 1.82) is 0 Å². The third-order valence-electron chi connectivity index (χ3n) is 2.54. The number of methoxy groups -OCH3 is 1. The molecule has 1 aromatic carbocycles. The van der Waals surface area contributed by atoms with Crippen LogP contribution in [-0.4, -0.2) is 23.2 Å². The second-order valence-corrected chi connectivity index (χ2v) is 4.01.